The summed E-state index contributed by atoms with van der Waals surface area (Å²) < 4.78 is 11.2. The summed E-state index contributed by atoms with van der Waals surface area (Å²) in [4.78, 5) is 6.78. The average Bonchev–Trinajstić information content (AvgIpc) is 2.71. The molecule has 0 atom stereocenters. The van der Waals surface area contributed by atoms with Gasteiger partial charge in [-0.15, -0.1) is 0 Å². The topological polar surface area (TPSA) is 69.9 Å². The van der Waals surface area contributed by atoms with Crippen LogP contribution in [0.1, 0.15) is 23.6 Å². The number of hydrogen-bond donors (Lipinski definition) is 1. The number of nitrogens with zero attached hydrogens (tertiary/aromatic N) is 3. The fourth-order valence-corrected chi connectivity index (χ4v) is 2.91. The number of aliphatic imine (C=N–C) groups is 1. The van der Waals surface area contributed by atoms with Gasteiger partial charge < -0.3 is 19.7 Å². The molecule has 0 bridgehead atoms. The Morgan fingerprint density at radius 2 is 1.96 bits per heavy atom. The van der Waals surface area contributed by atoms with Gasteiger partial charge in [0.15, 0.2) is 17.5 Å². The first kappa shape index (κ1) is 18.6. The number of nitrogens with one attached hydrogen (secondary N) is 1. The molecule has 6 heteroatoms. The molecule has 27 heavy (non-hydrogen) atoms. The lowest BCUT2D eigenvalue weighted by Gasteiger charge is -2.24. The van der Waals surface area contributed by atoms with Gasteiger partial charge in [0, 0.05) is 20.1 Å². The Labute approximate surface area is 160 Å². The molecule has 0 radical (unpaired) electrons. The second-order valence-electron chi connectivity index (χ2n) is 6.32. The van der Waals surface area contributed by atoms with E-state index in [1.54, 1.807) is 6.07 Å². The van der Waals surface area contributed by atoms with Gasteiger partial charge in [0.25, 0.3) is 0 Å². The Hall–Kier alpha value is -3.20. The van der Waals surface area contributed by atoms with Crippen LogP contribution in [0, 0.1) is 11.3 Å². The number of nitriles is 1. The molecule has 140 valence electrons. The van der Waals surface area contributed by atoms with E-state index in [-0.39, 0.29) is 0 Å². The van der Waals surface area contributed by atoms with Crippen molar-refractivity contribution in [2.45, 2.75) is 20.0 Å². The Kier molecular flexibility index (Phi) is 6.16. The predicted molar refractivity (Wildman–Crippen MR) is 105 cm³/mol. The zero-order chi connectivity index (χ0) is 19.1. The highest BCUT2D eigenvalue weighted by Crippen LogP contribution is 2.31. The van der Waals surface area contributed by atoms with Gasteiger partial charge in [-0.1, -0.05) is 18.2 Å². The van der Waals surface area contributed by atoms with E-state index in [1.807, 2.05) is 50.4 Å². The summed E-state index contributed by atoms with van der Waals surface area (Å²) in [6, 6.07) is 15.7. The highest BCUT2D eigenvalue weighted by molar-refractivity contribution is 5.79. The minimum atomic E-state index is 0.517. The molecule has 2 aromatic rings. The van der Waals surface area contributed by atoms with Gasteiger partial charge in [-0.05, 0) is 42.3 Å². The van der Waals surface area contributed by atoms with E-state index in [1.165, 1.54) is 0 Å². The van der Waals surface area contributed by atoms with Crippen molar-refractivity contribution in [3.8, 4) is 17.6 Å². The molecule has 0 aliphatic carbocycles. The van der Waals surface area contributed by atoms with Crippen molar-refractivity contribution in [3.05, 3.63) is 59.2 Å². The summed E-state index contributed by atoms with van der Waals surface area (Å²) in [7, 11) is 2.00. The van der Waals surface area contributed by atoms with Crippen LogP contribution in [0.25, 0.3) is 0 Å². The van der Waals surface area contributed by atoms with Crippen LogP contribution in [-0.2, 0) is 13.1 Å². The van der Waals surface area contributed by atoms with E-state index in [0.29, 0.717) is 31.9 Å². The van der Waals surface area contributed by atoms with Crippen molar-refractivity contribution in [2.24, 2.45) is 4.99 Å². The second kappa shape index (κ2) is 8.95. The zero-order valence-electron chi connectivity index (χ0n) is 15.7. The van der Waals surface area contributed by atoms with Crippen LogP contribution in [0.4, 0.5) is 0 Å². The lowest BCUT2D eigenvalue weighted by Crippen LogP contribution is -2.38. The minimum Gasteiger partial charge on any atom is -0.486 e. The minimum absolute atomic E-state index is 0.517. The fraction of sp³-hybridized carbons (Fsp3) is 0.333. The molecule has 1 aliphatic heterocycles. The first-order valence-electron chi connectivity index (χ1n) is 9.06. The van der Waals surface area contributed by atoms with E-state index >= 15 is 0 Å². The average molecular weight is 364 g/mol. The third-order valence-corrected chi connectivity index (χ3v) is 4.19. The first-order chi connectivity index (χ1) is 13.2. The van der Waals surface area contributed by atoms with Crippen molar-refractivity contribution in [1.29, 1.82) is 5.26 Å². The van der Waals surface area contributed by atoms with E-state index < -0.39 is 0 Å². The summed E-state index contributed by atoms with van der Waals surface area (Å²) >= 11 is 0. The number of fused-ring (bicyclic) bond motifs is 1. The van der Waals surface area contributed by atoms with Crippen molar-refractivity contribution in [1.82, 2.24) is 10.2 Å². The van der Waals surface area contributed by atoms with Crippen molar-refractivity contribution < 1.29 is 9.47 Å². The van der Waals surface area contributed by atoms with Gasteiger partial charge in [0.05, 0.1) is 18.2 Å². The van der Waals surface area contributed by atoms with Crippen LogP contribution >= 0.6 is 0 Å². The van der Waals surface area contributed by atoms with Crippen LogP contribution in [0.15, 0.2) is 47.5 Å². The fourth-order valence-electron chi connectivity index (χ4n) is 2.91. The monoisotopic (exact) mass is 364 g/mol. The Bertz CT molecular complexity index is 858. The summed E-state index contributed by atoms with van der Waals surface area (Å²) in [5, 5.41) is 12.4. The Morgan fingerprint density at radius 1 is 1.15 bits per heavy atom. The molecule has 0 saturated carbocycles. The standard InChI is InChI=1S/C21H24N4O2/c1-3-23-21(24-14-17-6-4-5-16(11-17)13-22)25(2)15-18-7-8-19-20(12-18)27-10-9-26-19/h4-8,11-12H,3,9-10,14-15H2,1-2H3,(H,23,24). The maximum absolute atomic E-state index is 9.03. The Morgan fingerprint density at radius 3 is 2.74 bits per heavy atom. The molecular weight excluding hydrogens is 340 g/mol. The number of rotatable bonds is 5. The summed E-state index contributed by atoms with van der Waals surface area (Å²) in [5.74, 6) is 2.41. The molecule has 3 rings (SSSR count). The Balaban J connectivity index is 1.70. The van der Waals surface area contributed by atoms with Gasteiger partial charge in [0.2, 0.25) is 0 Å². The van der Waals surface area contributed by atoms with E-state index in [0.717, 1.165) is 35.1 Å². The van der Waals surface area contributed by atoms with Crippen molar-refractivity contribution >= 4 is 5.96 Å². The SMILES string of the molecule is CCNC(=NCc1cccc(C#N)c1)N(C)Cc1ccc2c(c1)OCCO2. The highest BCUT2D eigenvalue weighted by Gasteiger charge is 2.13. The molecule has 0 saturated heterocycles. The summed E-state index contributed by atoms with van der Waals surface area (Å²) in [6.45, 7) is 5.21. The van der Waals surface area contributed by atoms with Crippen LogP contribution in [0.3, 0.4) is 0 Å². The third-order valence-electron chi connectivity index (χ3n) is 4.19. The lowest BCUT2D eigenvalue weighted by atomic mass is 10.1. The number of hydrogen-bond acceptors (Lipinski definition) is 4. The third kappa shape index (κ3) is 4.91. The highest BCUT2D eigenvalue weighted by atomic mass is 16.6. The maximum atomic E-state index is 9.03. The summed E-state index contributed by atoms with van der Waals surface area (Å²) in [6.07, 6.45) is 0. The number of ether oxygens (including phenoxy) is 2. The molecule has 1 N–H and O–H groups in total. The van der Waals surface area contributed by atoms with Crippen molar-refractivity contribution in [2.75, 3.05) is 26.8 Å². The van der Waals surface area contributed by atoms with Gasteiger partial charge in [-0.25, -0.2) is 4.99 Å². The van der Waals surface area contributed by atoms with E-state index in [2.05, 4.69) is 16.3 Å². The molecule has 0 aromatic heterocycles. The van der Waals surface area contributed by atoms with Gasteiger partial charge >= 0.3 is 0 Å². The van der Waals surface area contributed by atoms with E-state index in [4.69, 9.17) is 19.7 Å². The van der Waals surface area contributed by atoms with Crippen LogP contribution < -0.4 is 14.8 Å². The van der Waals surface area contributed by atoms with Crippen LogP contribution in [-0.4, -0.2) is 37.7 Å². The predicted octanol–water partition coefficient (Wildman–Crippen LogP) is 2.93. The molecule has 0 spiro atoms. The van der Waals surface area contributed by atoms with Gasteiger partial charge in [-0.3, -0.25) is 0 Å². The summed E-state index contributed by atoms with van der Waals surface area (Å²) in [5.41, 5.74) is 2.79. The number of benzene rings is 2. The normalized spacial score (nSPS) is 13.0. The molecule has 0 unspecified atom stereocenters. The molecular formula is C21H24N4O2. The van der Waals surface area contributed by atoms with Crippen molar-refractivity contribution in [3.63, 3.8) is 0 Å². The molecule has 1 aliphatic rings. The second-order valence-corrected chi connectivity index (χ2v) is 6.32. The zero-order valence-corrected chi connectivity index (χ0v) is 15.7. The molecule has 0 fully saturated rings. The number of guanidine groups is 1. The maximum Gasteiger partial charge on any atom is 0.194 e. The largest absolute Gasteiger partial charge is 0.486 e. The van der Waals surface area contributed by atoms with E-state index in [9.17, 15) is 0 Å². The smallest absolute Gasteiger partial charge is 0.194 e. The molecule has 1 heterocycles. The van der Waals surface area contributed by atoms with Crippen LogP contribution in [0.2, 0.25) is 0 Å². The van der Waals surface area contributed by atoms with Gasteiger partial charge in [0.1, 0.15) is 13.2 Å². The van der Waals surface area contributed by atoms with Gasteiger partial charge in [-0.2, -0.15) is 5.26 Å². The first-order valence-corrected chi connectivity index (χ1v) is 9.06. The lowest BCUT2D eigenvalue weighted by molar-refractivity contribution is 0.171. The molecule has 2 aromatic carbocycles. The molecule has 6 nitrogen and oxygen atoms in total. The molecule has 0 amide bonds. The quantitative estimate of drug-likeness (QED) is 0.652. The van der Waals surface area contributed by atoms with Crippen LogP contribution in [0.5, 0.6) is 11.5 Å².